The van der Waals surface area contributed by atoms with Gasteiger partial charge in [-0.2, -0.15) is 0 Å². The Morgan fingerprint density at radius 3 is 3.10 bits per heavy atom. The lowest BCUT2D eigenvalue weighted by atomic mass is 10.1. The van der Waals surface area contributed by atoms with Gasteiger partial charge >= 0.3 is 0 Å². The van der Waals surface area contributed by atoms with Gasteiger partial charge < -0.3 is 20.2 Å². The van der Waals surface area contributed by atoms with Gasteiger partial charge in [0.25, 0.3) is 5.91 Å². The zero-order valence-electron chi connectivity index (χ0n) is 11.1. The summed E-state index contributed by atoms with van der Waals surface area (Å²) in [5.41, 5.74) is 7.71. The molecule has 6 nitrogen and oxygen atoms in total. The van der Waals surface area contributed by atoms with Crippen molar-refractivity contribution in [1.29, 1.82) is 0 Å². The third-order valence-corrected chi connectivity index (χ3v) is 3.11. The van der Waals surface area contributed by atoms with Gasteiger partial charge in [-0.05, 0) is 31.7 Å². The Morgan fingerprint density at radius 2 is 2.30 bits per heavy atom. The van der Waals surface area contributed by atoms with Gasteiger partial charge in [-0.3, -0.25) is 4.79 Å². The zero-order chi connectivity index (χ0) is 14.1. The van der Waals surface area contributed by atoms with Gasteiger partial charge in [-0.15, -0.1) is 0 Å². The highest BCUT2D eigenvalue weighted by Gasteiger charge is 2.24. The van der Waals surface area contributed by atoms with Crippen molar-refractivity contribution in [2.75, 3.05) is 11.9 Å². The lowest BCUT2D eigenvalue weighted by Crippen LogP contribution is -2.34. The van der Waals surface area contributed by atoms with Crippen LogP contribution in [0, 0.1) is 0 Å². The van der Waals surface area contributed by atoms with Crippen LogP contribution in [-0.2, 0) is 11.2 Å². The molecule has 0 saturated heterocycles. The van der Waals surface area contributed by atoms with Crippen molar-refractivity contribution in [3.63, 3.8) is 0 Å². The first-order valence-electron chi connectivity index (χ1n) is 6.44. The molecule has 0 radical (unpaired) electrons. The Hall–Kier alpha value is -2.34. The summed E-state index contributed by atoms with van der Waals surface area (Å²) in [5.74, 6) is 0.990. The number of ether oxygens (including phenoxy) is 1. The molecule has 1 amide bonds. The first-order valence-corrected chi connectivity index (χ1v) is 6.44. The van der Waals surface area contributed by atoms with E-state index >= 15 is 0 Å². The maximum Gasteiger partial charge on any atom is 0.265 e. The Bertz CT molecular complexity index is 651. The van der Waals surface area contributed by atoms with Gasteiger partial charge in [0.15, 0.2) is 6.10 Å². The molecule has 3 N–H and O–H groups in total. The number of oxazole rings is 1. The minimum Gasteiger partial charge on any atom is -0.479 e. The third-order valence-electron chi connectivity index (χ3n) is 3.11. The number of amides is 1. The molecular weight excluding hydrogens is 258 g/mol. The molecule has 6 heteroatoms. The normalized spacial score (nSPS) is 17.3. The van der Waals surface area contributed by atoms with E-state index in [0.717, 1.165) is 11.3 Å². The first kappa shape index (κ1) is 12.7. The molecule has 1 aliphatic heterocycles. The summed E-state index contributed by atoms with van der Waals surface area (Å²) in [6.07, 6.45) is 1.79. The molecule has 2 aromatic rings. The number of rotatable bonds is 3. The minimum absolute atomic E-state index is 0.161. The van der Waals surface area contributed by atoms with E-state index in [0.29, 0.717) is 30.3 Å². The summed E-state index contributed by atoms with van der Waals surface area (Å²) >= 11 is 0. The maximum atomic E-state index is 11.6. The number of fused-ring (bicyclic) bond motifs is 1. The predicted octanol–water partition coefficient (Wildman–Crippen LogP) is 1.56. The van der Waals surface area contributed by atoms with Crippen molar-refractivity contribution in [2.45, 2.75) is 19.4 Å². The smallest absolute Gasteiger partial charge is 0.265 e. The average Bonchev–Trinajstić information content (AvgIpc) is 2.89. The fraction of sp³-hybridized carbons (Fsp3) is 0.286. The molecule has 3 rings (SSSR count). The van der Waals surface area contributed by atoms with Gasteiger partial charge in [0.1, 0.15) is 12.0 Å². The number of anilines is 1. The fourth-order valence-corrected chi connectivity index (χ4v) is 2.04. The van der Waals surface area contributed by atoms with Crippen LogP contribution in [0.15, 0.2) is 28.9 Å². The molecule has 2 heterocycles. The van der Waals surface area contributed by atoms with E-state index in [-0.39, 0.29) is 5.91 Å². The van der Waals surface area contributed by atoms with Crippen LogP contribution in [0.4, 0.5) is 5.69 Å². The summed E-state index contributed by atoms with van der Waals surface area (Å²) in [4.78, 5) is 16.0. The molecule has 0 bridgehead atoms. The van der Waals surface area contributed by atoms with Gasteiger partial charge in [0.2, 0.25) is 5.89 Å². The van der Waals surface area contributed by atoms with Crippen molar-refractivity contribution in [3.05, 3.63) is 30.2 Å². The van der Waals surface area contributed by atoms with Crippen LogP contribution >= 0.6 is 0 Å². The lowest BCUT2D eigenvalue weighted by molar-refractivity contribution is -0.122. The zero-order valence-corrected chi connectivity index (χ0v) is 11.1. The van der Waals surface area contributed by atoms with E-state index in [4.69, 9.17) is 14.9 Å². The molecule has 20 heavy (non-hydrogen) atoms. The maximum absolute atomic E-state index is 11.6. The Kier molecular flexibility index (Phi) is 3.15. The van der Waals surface area contributed by atoms with Crippen LogP contribution in [0.5, 0.6) is 5.75 Å². The number of carbonyl (C=O) groups is 1. The van der Waals surface area contributed by atoms with Crippen LogP contribution in [0.1, 0.15) is 12.6 Å². The van der Waals surface area contributed by atoms with Gasteiger partial charge in [-0.1, -0.05) is 0 Å². The number of nitrogens with zero attached hydrogens (tertiary/aromatic N) is 1. The molecule has 1 aliphatic rings. The molecule has 0 spiro atoms. The van der Waals surface area contributed by atoms with E-state index in [1.165, 1.54) is 0 Å². The van der Waals surface area contributed by atoms with Gasteiger partial charge in [0.05, 0.1) is 11.4 Å². The van der Waals surface area contributed by atoms with Crippen molar-refractivity contribution >= 4 is 11.6 Å². The molecule has 1 unspecified atom stereocenters. The van der Waals surface area contributed by atoms with Crippen molar-refractivity contribution in [3.8, 4) is 17.2 Å². The topological polar surface area (TPSA) is 90.4 Å². The highest BCUT2D eigenvalue weighted by atomic mass is 16.5. The number of nitrogens with two attached hydrogens (primary N) is 1. The van der Waals surface area contributed by atoms with E-state index < -0.39 is 6.10 Å². The molecule has 1 aromatic carbocycles. The molecule has 1 atom stereocenters. The standard InChI is InChI=1S/C14H15N3O3/c1-8-13(18)17-11-6-9(2-3-12(11)20-8)14-16-10(4-5-15)7-19-14/h2-3,6-8H,4-5,15H2,1H3,(H,17,18). The highest BCUT2D eigenvalue weighted by Crippen LogP contribution is 2.33. The first-order chi connectivity index (χ1) is 9.67. The highest BCUT2D eigenvalue weighted by molar-refractivity contribution is 5.98. The van der Waals surface area contributed by atoms with Crippen LogP contribution in [0.3, 0.4) is 0 Å². The molecular formula is C14H15N3O3. The van der Waals surface area contributed by atoms with Crippen LogP contribution in [0.2, 0.25) is 0 Å². The SMILES string of the molecule is CC1Oc2ccc(-c3nc(CCN)co3)cc2NC1=O. The summed E-state index contributed by atoms with van der Waals surface area (Å²) in [7, 11) is 0. The number of carbonyl (C=O) groups excluding carboxylic acids is 1. The summed E-state index contributed by atoms with van der Waals surface area (Å²) in [5, 5.41) is 2.80. The van der Waals surface area contributed by atoms with E-state index in [9.17, 15) is 4.79 Å². The number of benzene rings is 1. The lowest BCUT2D eigenvalue weighted by Gasteiger charge is -2.23. The van der Waals surface area contributed by atoms with Crippen LogP contribution in [-0.4, -0.2) is 23.5 Å². The number of aromatic nitrogens is 1. The summed E-state index contributed by atoms with van der Waals surface area (Å²) in [6, 6.07) is 5.44. The van der Waals surface area contributed by atoms with E-state index in [1.54, 1.807) is 25.3 Å². The molecule has 0 saturated carbocycles. The molecule has 104 valence electrons. The second-order valence-corrected chi connectivity index (χ2v) is 4.64. The largest absolute Gasteiger partial charge is 0.479 e. The number of hydrogen-bond donors (Lipinski definition) is 2. The van der Waals surface area contributed by atoms with Crippen molar-refractivity contribution in [1.82, 2.24) is 4.98 Å². The Morgan fingerprint density at radius 1 is 1.45 bits per heavy atom. The third kappa shape index (κ3) is 2.25. The van der Waals surface area contributed by atoms with E-state index in [1.807, 2.05) is 6.07 Å². The molecule has 0 fully saturated rings. The second kappa shape index (κ2) is 4.97. The predicted molar refractivity (Wildman–Crippen MR) is 73.4 cm³/mol. The summed E-state index contributed by atoms with van der Waals surface area (Å²) in [6.45, 7) is 2.23. The molecule has 1 aromatic heterocycles. The second-order valence-electron chi connectivity index (χ2n) is 4.64. The molecule has 0 aliphatic carbocycles. The quantitative estimate of drug-likeness (QED) is 0.885. The Labute approximate surface area is 115 Å². The minimum atomic E-state index is -0.480. The summed E-state index contributed by atoms with van der Waals surface area (Å²) < 4.78 is 10.9. The monoisotopic (exact) mass is 273 g/mol. The fourth-order valence-electron chi connectivity index (χ4n) is 2.04. The van der Waals surface area contributed by atoms with Gasteiger partial charge in [0, 0.05) is 12.0 Å². The van der Waals surface area contributed by atoms with Crippen molar-refractivity contribution < 1.29 is 13.9 Å². The number of nitrogens with one attached hydrogen (secondary N) is 1. The average molecular weight is 273 g/mol. The van der Waals surface area contributed by atoms with E-state index in [2.05, 4.69) is 10.3 Å². The van der Waals surface area contributed by atoms with Gasteiger partial charge in [-0.25, -0.2) is 4.98 Å². The van der Waals surface area contributed by atoms with Crippen LogP contribution in [0.25, 0.3) is 11.5 Å². The number of hydrogen-bond acceptors (Lipinski definition) is 5. The van der Waals surface area contributed by atoms with Crippen molar-refractivity contribution in [2.24, 2.45) is 5.73 Å². The Balaban J connectivity index is 1.91. The van der Waals surface area contributed by atoms with Crippen LogP contribution < -0.4 is 15.8 Å².